The lowest BCUT2D eigenvalue weighted by atomic mass is 10.1. The predicted molar refractivity (Wildman–Crippen MR) is 117 cm³/mol. The molecule has 7 nitrogen and oxygen atoms in total. The predicted octanol–water partition coefficient (Wildman–Crippen LogP) is 3.29. The lowest BCUT2D eigenvalue weighted by Crippen LogP contribution is -2.28. The minimum atomic E-state index is -0.523. The van der Waals surface area contributed by atoms with Gasteiger partial charge in [-0.1, -0.05) is 60.2 Å². The van der Waals surface area contributed by atoms with Gasteiger partial charge in [-0.15, -0.1) is 0 Å². The Hall–Kier alpha value is -3.35. The van der Waals surface area contributed by atoms with E-state index in [-0.39, 0.29) is 38.1 Å². The second kappa shape index (κ2) is 13.8. The fourth-order valence-corrected chi connectivity index (χ4v) is 2.73. The monoisotopic (exact) mass is 426 g/mol. The summed E-state index contributed by atoms with van der Waals surface area (Å²) in [5.41, 5.74) is 3.21. The first kappa shape index (κ1) is 23.9. The molecule has 7 heteroatoms. The molecule has 0 bridgehead atoms. The first-order chi connectivity index (χ1) is 15.0. The summed E-state index contributed by atoms with van der Waals surface area (Å²) in [7, 11) is 0. The van der Waals surface area contributed by atoms with Crippen LogP contribution in [0.2, 0.25) is 0 Å². The Morgan fingerprint density at radius 2 is 1.55 bits per heavy atom. The van der Waals surface area contributed by atoms with Crippen molar-refractivity contribution < 1.29 is 23.9 Å². The number of aryl methyl sites for hydroxylation is 2. The van der Waals surface area contributed by atoms with Crippen LogP contribution in [0.1, 0.15) is 36.0 Å². The summed E-state index contributed by atoms with van der Waals surface area (Å²) in [6, 6.07) is 17.5. The molecule has 0 aliphatic carbocycles. The molecule has 0 spiro atoms. The van der Waals surface area contributed by atoms with Crippen molar-refractivity contribution in [3.05, 3.63) is 71.3 Å². The number of rotatable bonds is 12. The van der Waals surface area contributed by atoms with Crippen molar-refractivity contribution in [2.75, 3.05) is 19.7 Å². The number of carbonyl (C=O) groups excluding carboxylic acids is 3. The molecule has 0 radical (unpaired) electrons. The molecular weight excluding hydrogens is 396 g/mol. The second-order valence-corrected chi connectivity index (χ2v) is 7.15. The molecule has 2 amide bonds. The molecule has 0 atom stereocenters. The van der Waals surface area contributed by atoms with Crippen LogP contribution in [0.4, 0.5) is 4.79 Å². The average molecular weight is 427 g/mol. The van der Waals surface area contributed by atoms with Crippen molar-refractivity contribution in [1.82, 2.24) is 10.6 Å². The third-order valence-electron chi connectivity index (χ3n) is 4.49. The van der Waals surface area contributed by atoms with Gasteiger partial charge < -0.3 is 20.1 Å². The zero-order valence-corrected chi connectivity index (χ0v) is 17.9. The Morgan fingerprint density at radius 3 is 2.29 bits per heavy atom. The van der Waals surface area contributed by atoms with Crippen LogP contribution in [0.3, 0.4) is 0 Å². The van der Waals surface area contributed by atoms with E-state index in [0.29, 0.717) is 25.8 Å². The fourth-order valence-electron chi connectivity index (χ4n) is 2.73. The van der Waals surface area contributed by atoms with E-state index in [1.165, 1.54) is 5.56 Å². The van der Waals surface area contributed by atoms with Crippen molar-refractivity contribution in [3.63, 3.8) is 0 Å². The van der Waals surface area contributed by atoms with Crippen LogP contribution >= 0.6 is 0 Å². The van der Waals surface area contributed by atoms with Gasteiger partial charge in [0.1, 0.15) is 13.2 Å². The highest BCUT2D eigenvalue weighted by Crippen LogP contribution is 2.05. The number of amides is 2. The minimum Gasteiger partial charge on any atom is -0.464 e. The second-order valence-electron chi connectivity index (χ2n) is 7.15. The minimum absolute atomic E-state index is 0.0742. The van der Waals surface area contributed by atoms with E-state index < -0.39 is 6.09 Å². The maximum atomic E-state index is 11.8. The number of benzene rings is 2. The highest BCUT2D eigenvalue weighted by molar-refractivity contribution is 5.76. The van der Waals surface area contributed by atoms with Crippen LogP contribution < -0.4 is 10.6 Å². The number of carbonyl (C=O) groups is 3. The molecule has 0 aromatic heterocycles. The quantitative estimate of drug-likeness (QED) is 0.401. The van der Waals surface area contributed by atoms with Gasteiger partial charge in [0.05, 0.1) is 6.54 Å². The Bertz CT molecular complexity index is 822. The highest BCUT2D eigenvalue weighted by atomic mass is 16.5. The fraction of sp³-hybridized carbons (Fsp3) is 0.375. The molecule has 2 aromatic rings. The molecule has 0 unspecified atom stereocenters. The number of ether oxygens (including phenoxy) is 2. The van der Waals surface area contributed by atoms with E-state index in [1.54, 1.807) is 0 Å². The van der Waals surface area contributed by atoms with Crippen LogP contribution in [-0.2, 0) is 32.1 Å². The number of hydrogen-bond donors (Lipinski definition) is 2. The zero-order chi connectivity index (χ0) is 22.3. The molecular formula is C24H30N2O5. The van der Waals surface area contributed by atoms with Gasteiger partial charge in [0.15, 0.2) is 0 Å². The Balaban J connectivity index is 1.44. The van der Waals surface area contributed by atoms with E-state index in [4.69, 9.17) is 9.47 Å². The van der Waals surface area contributed by atoms with Crippen molar-refractivity contribution in [2.45, 2.75) is 39.2 Å². The molecule has 0 saturated heterocycles. The summed E-state index contributed by atoms with van der Waals surface area (Å²) < 4.78 is 10.2. The highest BCUT2D eigenvalue weighted by Gasteiger charge is 2.06. The van der Waals surface area contributed by atoms with Gasteiger partial charge in [0, 0.05) is 19.4 Å². The van der Waals surface area contributed by atoms with Crippen LogP contribution in [0.15, 0.2) is 54.6 Å². The van der Waals surface area contributed by atoms with E-state index in [2.05, 4.69) is 10.6 Å². The van der Waals surface area contributed by atoms with Crippen LogP contribution in [-0.4, -0.2) is 37.7 Å². The lowest BCUT2D eigenvalue weighted by molar-refractivity contribution is -0.144. The van der Waals surface area contributed by atoms with E-state index >= 15 is 0 Å². The van der Waals surface area contributed by atoms with Crippen molar-refractivity contribution in [2.24, 2.45) is 0 Å². The van der Waals surface area contributed by atoms with Gasteiger partial charge >= 0.3 is 12.1 Å². The molecule has 2 rings (SSSR count). The Kier molecular flexibility index (Phi) is 10.6. The normalized spacial score (nSPS) is 10.2. The van der Waals surface area contributed by atoms with Gasteiger partial charge in [-0.2, -0.15) is 0 Å². The topological polar surface area (TPSA) is 93.7 Å². The van der Waals surface area contributed by atoms with E-state index in [9.17, 15) is 14.4 Å². The third kappa shape index (κ3) is 10.8. The van der Waals surface area contributed by atoms with Crippen molar-refractivity contribution in [1.29, 1.82) is 0 Å². The maximum absolute atomic E-state index is 11.8. The summed E-state index contributed by atoms with van der Waals surface area (Å²) in [5.74, 6) is -0.441. The van der Waals surface area contributed by atoms with E-state index in [1.807, 2.05) is 61.5 Å². The molecule has 2 aromatic carbocycles. The maximum Gasteiger partial charge on any atom is 0.407 e. The summed E-state index contributed by atoms with van der Waals surface area (Å²) in [4.78, 5) is 35.2. The summed E-state index contributed by atoms with van der Waals surface area (Å²) >= 11 is 0. The largest absolute Gasteiger partial charge is 0.464 e. The third-order valence-corrected chi connectivity index (χ3v) is 4.49. The number of nitrogens with one attached hydrogen (secondary N) is 2. The molecule has 2 N–H and O–H groups in total. The molecule has 0 aliphatic heterocycles. The molecule has 0 aliphatic rings. The van der Waals surface area contributed by atoms with Crippen LogP contribution in [0.25, 0.3) is 0 Å². The van der Waals surface area contributed by atoms with Gasteiger partial charge in [0.25, 0.3) is 0 Å². The lowest BCUT2D eigenvalue weighted by Gasteiger charge is -2.08. The SMILES string of the molecule is Cc1ccc(CCC(=O)NCCOC(=O)CCCNC(=O)OCc2ccccc2)cc1. The van der Waals surface area contributed by atoms with Crippen molar-refractivity contribution in [3.8, 4) is 0 Å². The smallest absolute Gasteiger partial charge is 0.407 e. The first-order valence-electron chi connectivity index (χ1n) is 10.5. The Morgan fingerprint density at radius 1 is 0.806 bits per heavy atom. The van der Waals surface area contributed by atoms with Crippen LogP contribution in [0, 0.1) is 6.92 Å². The van der Waals surface area contributed by atoms with Crippen LogP contribution in [0.5, 0.6) is 0 Å². The molecule has 0 heterocycles. The van der Waals surface area contributed by atoms with Gasteiger partial charge in [0.2, 0.25) is 5.91 Å². The van der Waals surface area contributed by atoms with Gasteiger partial charge in [-0.25, -0.2) is 4.79 Å². The molecule has 0 saturated carbocycles. The zero-order valence-electron chi connectivity index (χ0n) is 17.9. The van der Waals surface area contributed by atoms with E-state index in [0.717, 1.165) is 11.1 Å². The Labute approximate surface area is 183 Å². The van der Waals surface area contributed by atoms with Crippen molar-refractivity contribution >= 4 is 18.0 Å². The average Bonchev–Trinajstić information content (AvgIpc) is 2.78. The summed E-state index contributed by atoms with van der Waals surface area (Å²) in [6.45, 7) is 2.95. The number of alkyl carbamates (subject to hydrolysis) is 1. The number of esters is 1. The summed E-state index contributed by atoms with van der Waals surface area (Å²) in [6.07, 6.45) is 1.17. The summed E-state index contributed by atoms with van der Waals surface area (Å²) in [5, 5.41) is 5.33. The molecule has 31 heavy (non-hydrogen) atoms. The first-order valence-corrected chi connectivity index (χ1v) is 10.5. The standard InChI is InChI=1S/C24H30N2O5/c1-19-9-11-20(12-10-19)13-14-22(27)25-16-17-30-23(28)8-5-15-26-24(29)31-18-21-6-3-2-4-7-21/h2-4,6-7,9-12H,5,8,13-18H2,1H3,(H,25,27)(H,26,29). The van der Waals surface area contributed by atoms with Gasteiger partial charge in [-0.05, 0) is 30.9 Å². The number of hydrogen-bond acceptors (Lipinski definition) is 5. The molecule has 0 fully saturated rings. The van der Waals surface area contributed by atoms with Gasteiger partial charge in [-0.3, -0.25) is 9.59 Å². The molecule has 166 valence electrons.